The zero-order valence-corrected chi connectivity index (χ0v) is 11.2. The van der Waals surface area contributed by atoms with Crippen LogP contribution in [0.1, 0.15) is 15.9 Å². The number of aryl methyl sites for hydroxylation is 1. The van der Waals surface area contributed by atoms with Gasteiger partial charge in [-0.15, -0.1) is 0 Å². The Labute approximate surface area is 117 Å². The van der Waals surface area contributed by atoms with Gasteiger partial charge in [0.15, 0.2) is 0 Å². The molecule has 0 heterocycles. The number of benzene rings is 2. The maximum atomic E-state index is 11.1. The summed E-state index contributed by atoms with van der Waals surface area (Å²) in [6, 6.07) is 14.5. The van der Waals surface area contributed by atoms with E-state index in [0.717, 1.165) is 11.3 Å². The van der Waals surface area contributed by atoms with E-state index >= 15 is 0 Å². The molecule has 0 saturated carbocycles. The first kappa shape index (κ1) is 13.9. The minimum atomic E-state index is -0.993. The fourth-order valence-corrected chi connectivity index (χ4v) is 1.76. The summed E-state index contributed by atoms with van der Waals surface area (Å²) in [6.45, 7) is 2.49. The van der Waals surface area contributed by atoms with Crippen LogP contribution in [0.5, 0.6) is 11.5 Å². The van der Waals surface area contributed by atoms with E-state index < -0.39 is 5.97 Å². The lowest BCUT2D eigenvalue weighted by Crippen LogP contribution is -2.11. The molecular formula is C16H16O4. The first-order valence-corrected chi connectivity index (χ1v) is 6.31. The third-order valence-electron chi connectivity index (χ3n) is 2.72. The van der Waals surface area contributed by atoms with Crippen LogP contribution in [0.15, 0.2) is 48.5 Å². The molecule has 4 nitrogen and oxygen atoms in total. The molecule has 0 saturated heterocycles. The second kappa shape index (κ2) is 6.61. The van der Waals surface area contributed by atoms with Gasteiger partial charge in [-0.05, 0) is 31.2 Å². The summed E-state index contributed by atoms with van der Waals surface area (Å²) in [4.78, 5) is 11.1. The molecule has 104 valence electrons. The average Bonchev–Trinajstić information content (AvgIpc) is 2.45. The molecule has 0 aliphatic rings. The van der Waals surface area contributed by atoms with Crippen molar-refractivity contribution in [1.29, 1.82) is 0 Å². The molecule has 0 amide bonds. The van der Waals surface area contributed by atoms with Gasteiger partial charge in [-0.3, -0.25) is 0 Å². The lowest BCUT2D eigenvalue weighted by Gasteiger charge is -2.10. The summed E-state index contributed by atoms with van der Waals surface area (Å²) in [5, 5.41) is 9.11. The number of rotatable bonds is 6. The normalized spacial score (nSPS) is 10.1. The summed E-state index contributed by atoms with van der Waals surface area (Å²) < 4.78 is 10.9. The molecule has 0 unspecified atom stereocenters. The third kappa shape index (κ3) is 3.75. The zero-order valence-electron chi connectivity index (χ0n) is 11.2. The number of hydrogen-bond acceptors (Lipinski definition) is 3. The Morgan fingerprint density at radius 2 is 1.75 bits per heavy atom. The van der Waals surface area contributed by atoms with Gasteiger partial charge in [0.1, 0.15) is 30.3 Å². The standard InChI is InChI=1S/C16H16O4/c1-12-7-8-15(14(11-12)16(17)18)20-10-9-19-13-5-3-2-4-6-13/h2-8,11H,9-10H2,1H3,(H,17,18). The number of para-hydroxylation sites is 1. The van der Waals surface area contributed by atoms with Gasteiger partial charge in [0.05, 0.1) is 0 Å². The van der Waals surface area contributed by atoms with Crippen LogP contribution in [0.3, 0.4) is 0 Å². The van der Waals surface area contributed by atoms with Gasteiger partial charge in [-0.2, -0.15) is 0 Å². The predicted octanol–water partition coefficient (Wildman–Crippen LogP) is 3.15. The maximum Gasteiger partial charge on any atom is 0.339 e. The third-order valence-corrected chi connectivity index (χ3v) is 2.72. The highest BCUT2D eigenvalue weighted by atomic mass is 16.5. The Morgan fingerprint density at radius 1 is 1.05 bits per heavy atom. The molecule has 2 aromatic carbocycles. The highest BCUT2D eigenvalue weighted by molar-refractivity contribution is 5.91. The van der Waals surface area contributed by atoms with Crippen molar-refractivity contribution in [2.24, 2.45) is 0 Å². The molecule has 0 aliphatic heterocycles. The van der Waals surface area contributed by atoms with Crippen LogP contribution in [-0.4, -0.2) is 24.3 Å². The molecule has 20 heavy (non-hydrogen) atoms. The van der Waals surface area contributed by atoms with Crippen molar-refractivity contribution < 1.29 is 19.4 Å². The van der Waals surface area contributed by atoms with Crippen LogP contribution in [0.2, 0.25) is 0 Å². The van der Waals surface area contributed by atoms with Crippen LogP contribution < -0.4 is 9.47 Å². The Morgan fingerprint density at radius 3 is 2.45 bits per heavy atom. The van der Waals surface area contributed by atoms with Gasteiger partial charge in [-0.25, -0.2) is 4.79 Å². The van der Waals surface area contributed by atoms with Gasteiger partial charge in [-0.1, -0.05) is 29.8 Å². The van der Waals surface area contributed by atoms with Crippen LogP contribution in [0.4, 0.5) is 0 Å². The van der Waals surface area contributed by atoms with Crippen LogP contribution in [-0.2, 0) is 0 Å². The second-order valence-corrected chi connectivity index (χ2v) is 4.31. The molecule has 0 spiro atoms. The number of carbonyl (C=O) groups is 1. The Kier molecular flexibility index (Phi) is 4.60. The average molecular weight is 272 g/mol. The molecule has 2 rings (SSSR count). The van der Waals surface area contributed by atoms with Crippen molar-refractivity contribution in [1.82, 2.24) is 0 Å². The Balaban J connectivity index is 1.90. The van der Waals surface area contributed by atoms with Crippen molar-refractivity contribution in [3.8, 4) is 11.5 Å². The molecule has 4 heteroatoms. The van der Waals surface area contributed by atoms with Gasteiger partial charge in [0, 0.05) is 0 Å². The van der Waals surface area contributed by atoms with Crippen molar-refractivity contribution in [3.63, 3.8) is 0 Å². The van der Waals surface area contributed by atoms with Crippen LogP contribution in [0, 0.1) is 6.92 Å². The Bertz CT molecular complexity index is 578. The van der Waals surface area contributed by atoms with Crippen LogP contribution in [0.25, 0.3) is 0 Å². The first-order chi connectivity index (χ1) is 9.66. The molecular weight excluding hydrogens is 256 g/mol. The summed E-state index contributed by atoms with van der Waals surface area (Å²) in [7, 11) is 0. The van der Waals surface area contributed by atoms with E-state index in [4.69, 9.17) is 14.6 Å². The van der Waals surface area contributed by atoms with E-state index in [-0.39, 0.29) is 12.2 Å². The highest BCUT2D eigenvalue weighted by Gasteiger charge is 2.11. The topological polar surface area (TPSA) is 55.8 Å². The van der Waals surface area contributed by atoms with E-state index in [0.29, 0.717) is 12.4 Å². The van der Waals surface area contributed by atoms with Gasteiger partial charge < -0.3 is 14.6 Å². The minimum Gasteiger partial charge on any atom is -0.490 e. The van der Waals surface area contributed by atoms with E-state index in [1.165, 1.54) is 0 Å². The molecule has 0 aromatic heterocycles. The van der Waals surface area contributed by atoms with E-state index in [2.05, 4.69) is 0 Å². The molecule has 0 fully saturated rings. The quantitative estimate of drug-likeness (QED) is 0.821. The number of hydrogen-bond donors (Lipinski definition) is 1. The van der Waals surface area contributed by atoms with Crippen LogP contribution >= 0.6 is 0 Å². The summed E-state index contributed by atoms with van der Waals surface area (Å²) in [5.41, 5.74) is 1.06. The summed E-state index contributed by atoms with van der Waals surface area (Å²) >= 11 is 0. The van der Waals surface area contributed by atoms with Gasteiger partial charge in [0.2, 0.25) is 0 Å². The summed E-state index contributed by atoms with van der Waals surface area (Å²) in [6.07, 6.45) is 0. The number of aromatic carboxylic acids is 1. The van der Waals surface area contributed by atoms with Gasteiger partial charge >= 0.3 is 5.97 Å². The number of carboxylic acid groups (broad SMARTS) is 1. The molecule has 1 N–H and O–H groups in total. The SMILES string of the molecule is Cc1ccc(OCCOc2ccccc2)c(C(=O)O)c1. The van der Waals surface area contributed by atoms with Crippen molar-refractivity contribution in [3.05, 3.63) is 59.7 Å². The van der Waals surface area contributed by atoms with E-state index in [1.807, 2.05) is 43.3 Å². The number of carboxylic acids is 1. The number of ether oxygens (including phenoxy) is 2. The van der Waals surface area contributed by atoms with Gasteiger partial charge in [0.25, 0.3) is 0 Å². The monoisotopic (exact) mass is 272 g/mol. The predicted molar refractivity (Wildman–Crippen MR) is 75.6 cm³/mol. The largest absolute Gasteiger partial charge is 0.490 e. The molecule has 2 aromatic rings. The lowest BCUT2D eigenvalue weighted by molar-refractivity contribution is 0.0691. The lowest BCUT2D eigenvalue weighted by atomic mass is 10.1. The van der Waals surface area contributed by atoms with Crippen molar-refractivity contribution in [2.45, 2.75) is 6.92 Å². The molecule has 0 radical (unpaired) electrons. The van der Waals surface area contributed by atoms with Crippen molar-refractivity contribution >= 4 is 5.97 Å². The van der Waals surface area contributed by atoms with Crippen molar-refractivity contribution in [2.75, 3.05) is 13.2 Å². The maximum absolute atomic E-state index is 11.1. The highest BCUT2D eigenvalue weighted by Crippen LogP contribution is 2.20. The fraction of sp³-hybridized carbons (Fsp3) is 0.188. The van der Waals surface area contributed by atoms with E-state index in [1.54, 1.807) is 12.1 Å². The molecule has 0 bridgehead atoms. The second-order valence-electron chi connectivity index (χ2n) is 4.31. The van der Waals surface area contributed by atoms with E-state index in [9.17, 15) is 4.79 Å². The zero-order chi connectivity index (χ0) is 14.4. The molecule has 0 atom stereocenters. The summed E-state index contributed by atoms with van der Waals surface area (Å²) in [5.74, 6) is 0.130. The Hall–Kier alpha value is -2.49. The fourth-order valence-electron chi connectivity index (χ4n) is 1.76. The minimum absolute atomic E-state index is 0.171. The smallest absolute Gasteiger partial charge is 0.339 e. The first-order valence-electron chi connectivity index (χ1n) is 6.31. The molecule has 0 aliphatic carbocycles.